The van der Waals surface area contributed by atoms with Crippen LogP contribution < -0.4 is 4.74 Å². The SMILES string of the molecule is COc1cc(F)c(C2CN(C)CCN2C)cc1F. The Labute approximate surface area is 106 Å². The van der Waals surface area contributed by atoms with Gasteiger partial charge in [-0.05, 0) is 20.2 Å². The summed E-state index contributed by atoms with van der Waals surface area (Å²) < 4.78 is 32.5. The van der Waals surface area contributed by atoms with E-state index in [2.05, 4.69) is 4.90 Å². The first kappa shape index (κ1) is 13.2. The summed E-state index contributed by atoms with van der Waals surface area (Å²) in [4.78, 5) is 4.16. The van der Waals surface area contributed by atoms with Crippen molar-refractivity contribution in [1.82, 2.24) is 9.80 Å². The predicted molar refractivity (Wildman–Crippen MR) is 65.8 cm³/mol. The van der Waals surface area contributed by atoms with E-state index >= 15 is 0 Å². The van der Waals surface area contributed by atoms with Crippen molar-refractivity contribution in [2.75, 3.05) is 40.8 Å². The van der Waals surface area contributed by atoms with Crippen LogP contribution in [0.25, 0.3) is 0 Å². The van der Waals surface area contributed by atoms with Gasteiger partial charge in [0.25, 0.3) is 0 Å². The van der Waals surface area contributed by atoms with Crippen LogP contribution in [0.15, 0.2) is 12.1 Å². The normalized spacial score (nSPS) is 22.2. The van der Waals surface area contributed by atoms with E-state index in [1.807, 2.05) is 19.0 Å². The van der Waals surface area contributed by atoms with E-state index < -0.39 is 11.6 Å². The van der Waals surface area contributed by atoms with E-state index in [4.69, 9.17) is 4.74 Å². The molecule has 1 aromatic carbocycles. The summed E-state index contributed by atoms with van der Waals surface area (Å²) in [6.07, 6.45) is 0. The van der Waals surface area contributed by atoms with Crippen molar-refractivity contribution in [3.05, 3.63) is 29.3 Å². The standard InChI is InChI=1S/C13H18F2N2O/c1-16-4-5-17(2)12(8-16)9-6-11(15)13(18-3)7-10(9)14/h6-7,12H,4-5,8H2,1-3H3. The number of ether oxygens (including phenoxy) is 1. The van der Waals surface area contributed by atoms with Gasteiger partial charge in [0.2, 0.25) is 0 Å². The highest BCUT2D eigenvalue weighted by Gasteiger charge is 2.27. The van der Waals surface area contributed by atoms with Crippen LogP contribution in [0.1, 0.15) is 11.6 Å². The molecule has 0 bridgehead atoms. The molecule has 1 fully saturated rings. The summed E-state index contributed by atoms with van der Waals surface area (Å²) in [5.74, 6) is -0.987. The second kappa shape index (κ2) is 5.20. The Morgan fingerprint density at radius 3 is 2.56 bits per heavy atom. The molecule has 0 amide bonds. The van der Waals surface area contributed by atoms with Crippen LogP contribution in [0, 0.1) is 11.6 Å². The third kappa shape index (κ3) is 2.47. The van der Waals surface area contributed by atoms with Gasteiger partial charge in [-0.3, -0.25) is 4.90 Å². The zero-order valence-corrected chi connectivity index (χ0v) is 10.9. The maximum absolute atomic E-state index is 14.0. The van der Waals surface area contributed by atoms with Crippen LogP contribution in [0.5, 0.6) is 5.75 Å². The number of hydrogen-bond acceptors (Lipinski definition) is 3. The van der Waals surface area contributed by atoms with Crippen molar-refractivity contribution in [1.29, 1.82) is 0 Å². The fourth-order valence-corrected chi connectivity index (χ4v) is 2.30. The smallest absolute Gasteiger partial charge is 0.165 e. The van der Waals surface area contributed by atoms with Gasteiger partial charge >= 0.3 is 0 Å². The Bertz CT molecular complexity index is 439. The Hall–Kier alpha value is -1.20. The van der Waals surface area contributed by atoms with Gasteiger partial charge in [0, 0.05) is 31.3 Å². The van der Waals surface area contributed by atoms with E-state index in [0.717, 1.165) is 19.2 Å². The molecule has 0 aliphatic carbocycles. The minimum atomic E-state index is -0.518. The lowest BCUT2D eigenvalue weighted by Gasteiger charge is -2.38. The zero-order valence-electron chi connectivity index (χ0n) is 10.9. The lowest BCUT2D eigenvalue weighted by molar-refractivity contribution is 0.112. The lowest BCUT2D eigenvalue weighted by atomic mass is 10.0. The molecule has 3 nitrogen and oxygen atoms in total. The number of nitrogens with zero attached hydrogens (tertiary/aromatic N) is 2. The van der Waals surface area contributed by atoms with Crippen molar-refractivity contribution < 1.29 is 13.5 Å². The molecule has 0 aromatic heterocycles. The van der Waals surface area contributed by atoms with E-state index in [-0.39, 0.29) is 11.8 Å². The Morgan fingerprint density at radius 1 is 1.17 bits per heavy atom. The molecule has 18 heavy (non-hydrogen) atoms. The molecule has 100 valence electrons. The first-order valence-electron chi connectivity index (χ1n) is 5.94. The fraction of sp³-hybridized carbons (Fsp3) is 0.538. The third-order valence-electron chi connectivity index (χ3n) is 3.48. The summed E-state index contributed by atoms with van der Waals surface area (Å²) in [6.45, 7) is 2.47. The largest absolute Gasteiger partial charge is 0.494 e. The van der Waals surface area contributed by atoms with Crippen molar-refractivity contribution in [3.63, 3.8) is 0 Å². The van der Waals surface area contributed by atoms with E-state index in [0.29, 0.717) is 12.1 Å². The van der Waals surface area contributed by atoms with Gasteiger partial charge in [0.1, 0.15) is 5.82 Å². The van der Waals surface area contributed by atoms with Crippen molar-refractivity contribution in [2.45, 2.75) is 6.04 Å². The fourth-order valence-electron chi connectivity index (χ4n) is 2.30. The number of rotatable bonds is 2. The summed E-state index contributed by atoms with van der Waals surface area (Å²) in [7, 11) is 5.25. The highest BCUT2D eigenvalue weighted by molar-refractivity contribution is 5.33. The summed E-state index contributed by atoms with van der Waals surface area (Å²) in [5.41, 5.74) is 0.391. The van der Waals surface area contributed by atoms with E-state index in [1.54, 1.807) is 0 Å². The molecule has 1 heterocycles. The lowest BCUT2D eigenvalue weighted by Crippen LogP contribution is -2.45. The molecular weight excluding hydrogens is 238 g/mol. The molecular formula is C13H18F2N2O. The average molecular weight is 256 g/mol. The second-order valence-electron chi connectivity index (χ2n) is 4.77. The minimum Gasteiger partial charge on any atom is -0.494 e. The number of methoxy groups -OCH3 is 1. The number of likely N-dealkylation sites (N-methyl/N-ethyl adjacent to an activating group) is 2. The Balaban J connectivity index is 2.34. The van der Waals surface area contributed by atoms with Crippen LogP contribution in [0.4, 0.5) is 8.78 Å². The Morgan fingerprint density at radius 2 is 1.89 bits per heavy atom. The molecule has 5 heteroatoms. The molecule has 0 N–H and O–H groups in total. The molecule has 1 unspecified atom stereocenters. The number of benzene rings is 1. The van der Waals surface area contributed by atoms with Crippen LogP contribution in [0.2, 0.25) is 0 Å². The van der Waals surface area contributed by atoms with Gasteiger partial charge in [-0.1, -0.05) is 0 Å². The van der Waals surface area contributed by atoms with Gasteiger partial charge in [-0.25, -0.2) is 8.78 Å². The van der Waals surface area contributed by atoms with Crippen LogP contribution in [-0.2, 0) is 0 Å². The maximum Gasteiger partial charge on any atom is 0.165 e. The van der Waals surface area contributed by atoms with Crippen molar-refractivity contribution in [2.24, 2.45) is 0 Å². The van der Waals surface area contributed by atoms with Gasteiger partial charge < -0.3 is 9.64 Å². The first-order chi connectivity index (χ1) is 8.52. The molecule has 0 spiro atoms. The molecule has 1 atom stereocenters. The van der Waals surface area contributed by atoms with Gasteiger partial charge in [0.05, 0.1) is 13.2 Å². The van der Waals surface area contributed by atoms with Crippen LogP contribution in [0.3, 0.4) is 0 Å². The molecule has 1 aliphatic heterocycles. The quantitative estimate of drug-likeness (QED) is 0.803. The molecule has 0 saturated carbocycles. The van der Waals surface area contributed by atoms with Crippen molar-refractivity contribution >= 4 is 0 Å². The second-order valence-corrected chi connectivity index (χ2v) is 4.77. The molecule has 1 aromatic rings. The Kier molecular flexibility index (Phi) is 3.82. The molecule has 0 radical (unpaired) electrons. The molecule has 2 rings (SSSR count). The number of piperazine rings is 1. The molecule has 1 saturated heterocycles. The average Bonchev–Trinajstić information content (AvgIpc) is 2.35. The topological polar surface area (TPSA) is 15.7 Å². The number of halogens is 2. The highest BCUT2D eigenvalue weighted by atomic mass is 19.1. The van der Waals surface area contributed by atoms with Crippen LogP contribution >= 0.6 is 0 Å². The van der Waals surface area contributed by atoms with Crippen molar-refractivity contribution in [3.8, 4) is 5.75 Å². The predicted octanol–water partition coefficient (Wildman–Crippen LogP) is 1.89. The monoisotopic (exact) mass is 256 g/mol. The summed E-state index contributed by atoms with van der Waals surface area (Å²) >= 11 is 0. The summed E-state index contributed by atoms with van der Waals surface area (Å²) in [6, 6.07) is 2.24. The van der Waals surface area contributed by atoms with E-state index in [9.17, 15) is 8.78 Å². The summed E-state index contributed by atoms with van der Waals surface area (Å²) in [5, 5.41) is 0. The number of hydrogen-bond donors (Lipinski definition) is 0. The maximum atomic E-state index is 14.0. The third-order valence-corrected chi connectivity index (χ3v) is 3.48. The first-order valence-corrected chi connectivity index (χ1v) is 5.94. The van der Waals surface area contributed by atoms with Gasteiger partial charge in [-0.15, -0.1) is 0 Å². The van der Waals surface area contributed by atoms with Gasteiger partial charge in [0.15, 0.2) is 11.6 Å². The van der Waals surface area contributed by atoms with E-state index in [1.165, 1.54) is 13.2 Å². The minimum absolute atomic E-state index is 0.0527. The van der Waals surface area contributed by atoms with Crippen LogP contribution in [-0.4, -0.2) is 50.6 Å². The molecule has 1 aliphatic rings. The van der Waals surface area contributed by atoms with Gasteiger partial charge in [-0.2, -0.15) is 0 Å². The highest BCUT2D eigenvalue weighted by Crippen LogP contribution is 2.30. The zero-order chi connectivity index (χ0) is 13.3.